The zero-order valence-corrected chi connectivity index (χ0v) is 7.69. The van der Waals surface area contributed by atoms with Gasteiger partial charge in [-0.05, 0) is 6.07 Å². The summed E-state index contributed by atoms with van der Waals surface area (Å²) < 4.78 is 9.89. The molecule has 0 spiro atoms. The standard InChI is InChI=1S/C10H10O4/c1-13-10(12)8-5-14-9-4-6(11)2-3-7(8)9/h2-4,8,11H,5H2,1H3. The number of benzene rings is 1. The molecule has 0 bridgehead atoms. The van der Waals surface area contributed by atoms with Crippen LogP contribution in [0.5, 0.6) is 11.5 Å². The first kappa shape index (κ1) is 8.87. The average molecular weight is 194 g/mol. The number of phenols is 1. The Hall–Kier alpha value is -1.71. The molecule has 1 atom stereocenters. The summed E-state index contributed by atoms with van der Waals surface area (Å²) in [5.41, 5.74) is 0.773. The molecular weight excluding hydrogens is 184 g/mol. The van der Waals surface area contributed by atoms with Crippen LogP contribution in [-0.4, -0.2) is 24.8 Å². The van der Waals surface area contributed by atoms with Gasteiger partial charge in [-0.3, -0.25) is 4.79 Å². The monoisotopic (exact) mass is 194 g/mol. The molecule has 0 radical (unpaired) electrons. The maximum Gasteiger partial charge on any atom is 0.316 e. The van der Waals surface area contributed by atoms with Crippen molar-refractivity contribution >= 4 is 5.97 Å². The van der Waals surface area contributed by atoms with Crippen LogP contribution in [0.3, 0.4) is 0 Å². The van der Waals surface area contributed by atoms with E-state index in [1.54, 1.807) is 6.07 Å². The number of carbonyl (C=O) groups excluding carboxylic acids is 1. The summed E-state index contributed by atoms with van der Waals surface area (Å²) in [4.78, 5) is 11.3. The fourth-order valence-electron chi connectivity index (χ4n) is 1.54. The first-order valence-corrected chi connectivity index (χ1v) is 4.26. The van der Waals surface area contributed by atoms with Crippen molar-refractivity contribution in [3.8, 4) is 11.5 Å². The molecule has 0 aliphatic carbocycles. The van der Waals surface area contributed by atoms with Gasteiger partial charge in [0, 0.05) is 11.6 Å². The third kappa shape index (κ3) is 1.28. The van der Waals surface area contributed by atoms with E-state index >= 15 is 0 Å². The molecule has 14 heavy (non-hydrogen) atoms. The molecule has 4 heteroatoms. The molecule has 1 N–H and O–H groups in total. The van der Waals surface area contributed by atoms with Gasteiger partial charge < -0.3 is 14.6 Å². The number of hydrogen-bond donors (Lipinski definition) is 1. The van der Waals surface area contributed by atoms with Gasteiger partial charge in [0.2, 0.25) is 0 Å². The Morgan fingerprint density at radius 3 is 3.14 bits per heavy atom. The van der Waals surface area contributed by atoms with E-state index in [1.165, 1.54) is 19.2 Å². The number of carbonyl (C=O) groups is 1. The average Bonchev–Trinajstić information content (AvgIpc) is 2.59. The van der Waals surface area contributed by atoms with Gasteiger partial charge in [0.25, 0.3) is 0 Å². The van der Waals surface area contributed by atoms with Crippen molar-refractivity contribution < 1.29 is 19.4 Å². The Morgan fingerprint density at radius 1 is 1.64 bits per heavy atom. The minimum absolute atomic E-state index is 0.134. The second kappa shape index (κ2) is 3.21. The van der Waals surface area contributed by atoms with Gasteiger partial charge in [-0.1, -0.05) is 6.07 Å². The fraction of sp³-hybridized carbons (Fsp3) is 0.300. The molecule has 0 aromatic heterocycles. The van der Waals surface area contributed by atoms with E-state index in [9.17, 15) is 9.90 Å². The van der Waals surface area contributed by atoms with Gasteiger partial charge in [-0.25, -0.2) is 0 Å². The summed E-state index contributed by atoms with van der Waals surface area (Å²) in [6.07, 6.45) is 0. The molecule has 4 nitrogen and oxygen atoms in total. The van der Waals surface area contributed by atoms with Crippen molar-refractivity contribution in [2.75, 3.05) is 13.7 Å². The van der Waals surface area contributed by atoms with Crippen LogP contribution in [0.15, 0.2) is 18.2 Å². The van der Waals surface area contributed by atoms with E-state index in [0.717, 1.165) is 5.56 Å². The summed E-state index contributed by atoms with van der Waals surface area (Å²) in [6, 6.07) is 4.71. The molecule has 0 amide bonds. The van der Waals surface area contributed by atoms with E-state index in [-0.39, 0.29) is 24.2 Å². The highest BCUT2D eigenvalue weighted by Crippen LogP contribution is 2.36. The molecule has 1 heterocycles. The van der Waals surface area contributed by atoms with Crippen LogP contribution in [0.25, 0.3) is 0 Å². The summed E-state index contributed by atoms with van der Waals surface area (Å²) in [7, 11) is 1.35. The number of ether oxygens (including phenoxy) is 2. The Morgan fingerprint density at radius 2 is 2.43 bits per heavy atom. The van der Waals surface area contributed by atoms with Crippen LogP contribution in [0.4, 0.5) is 0 Å². The number of methoxy groups -OCH3 is 1. The normalized spacial score (nSPS) is 18.5. The Kier molecular flexibility index (Phi) is 2.04. The topological polar surface area (TPSA) is 55.8 Å². The van der Waals surface area contributed by atoms with Gasteiger partial charge in [-0.2, -0.15) is 0 Å². The number of fused-ring (bicyclic) bond motifs is 1. The lowest BCUT2D eigenvalue weighted by molar-refractivity contribution is -0.142. The lowest BCUT2D eigenvalue weighted by Crippen LogP contribution is -2.15. The van der Waals surface area contributed by atoms with Crippen molar-refractivity contribution in [2.24, 2.45) is 0 Å². The largest absolute Gasteiger partial charge is 0.508 e. The summed E-state index contributed by atoms with van der Waals surface area (Å²) in [5, 5.41) is 9.18. The minimum atomic E-state index is -0.365. The summed E-state index contributed by atoms with van der Waals surface area (Å²) in [6.45, 7) is 0.283. The molecular formula is C10H10O4. The van der Waals surface area contributed by atoms with Gasteiger partial charge in [0.15, 0.2) is 0 Å². The number of esters is 1. The molecule has 0 saturated heterocycles. The van der Waals surface area contributed by atoms with Crippen molar-refractivity contribution in [1.29, 1.82) is 0 Å². The lowest BCUT2D eigenvalue weighted by Gasteiger charge is -2.05. The minimum Gasteiger partial charge on any atom is -0.508 e. The highest BCUT2D eigenvalue weighted by Gasteiger charge is 2.31. The second-order valence-corrected chi connectivity index (χ2v) is 3.11. The van der Waals surface area contributed by atoms with Crippen LogP contribution < -0.4 is 4.74 Å². The van der Waals surface area contributed by atoms with Crippen LogP contribution in [0, 0.1) is 0 Å². The number of phenolic OH excluding ortho intramolecular Hbond substituents is 1. The first-order chi connectivity index (χ1) is 6.72. The third-order valence-corrected chi connectivity index (χ3v) is 2.26. The van der Waals surface area contributed by atoms with Crippen LogP contribution in [0.2, 0.25) is 0 Å². The van der Waals surface area contributed by atoms with Gasteiger partial charge in [-0.15, -0.1) is 0 Å². The molecule has 1 aliphatic heterocycles. The van der Waals surface area contributed by atoms with Crippen molar-refractivity contribution in [1.82, 2.24) is 0 Å². The van der Waals surface area contributed by atoms with Gasteiger partial charge in [0.1, 0.15) is 24.0 Å². The van der Waals surface area contributed by atoms with Crippen LogP contribution in [0.1, 0.15) is 11.5 Å². The number of hydrogen-bond acceptors (Lipinski definition) is 4. The van der Waals surface area contributed by atoms with Crippen molar-refractivity contribution in [3.63, 3.8) is 0 Å². The fourth-order valence-corrected chi connectivity index (χ4v) is 1.54. The molecule has 2 rings (SSSR count). The lowest BCUT2D eigenvalue weighted by atomic mass is 10.0. The quantitative estimate of drug-likeness (QED) is 0.678. The Labute approximate surface area is 81.1 Å². The number of aromatic hydroxyl groups is 1. The van der Waals surface area contributed by atoms with E-state index in [1.807, 2.05) is 0 Å². The molecule has 1 aromatic rings. The smallest absolute Gasteiger partial charge is 0.316 e. The van der Waals surface area contributed by atoms with Gasteiger partial charge in [0.05, 0.1) is 7.11 Å². The Bertz CT molecular complexity index is 372. The maximum absolute atomic E-state index is 11.3. The molecule has 1 aliphatic rings. The molecule has 1 unspecified atom stereocenters. The zero-order valence-electron chi connectivity index (χ0n) is 7.69. The predicted octanol–water partition coefficient (Wildman–Crippen LogP) is 1.04. The number of rotatable bonds is 1. The van der Waals surface area contributed by atoms with E-state index in [0.29, 0.717) is 5.75 Å². The van der Waals surface area contributed by atoms with Crippen LogP contribution in [-0.2, 0) is 9.53 Å². The molecule has 0 saturated carbocycles. The van der Waals surface area contributed by atoms with Gasteiger partial charge >= 0.3 is 5.97 Å². The van der Waals surface area contributed by atoms with E-state index in [2.05, 4.69) is 4.74 Å². The third-order valence-electron chi connectivity index (χ3n) is 2.26. The predicted molar refractivity (Wildman–Crippen MR) is 48.4 cm³/mol. The first-order valence-electron chi connectivity index (χ1n) is 4.26. The Balaban J connectivity index is 2.35. The molecule has 0 fully saturated rings. The zero-order chi connectivity index (χ0) is 10.1. The van der Waals surface area contributed by atoms with E-state index in [4.69, 9.17) is 4.74 Å². The summed E-state index contributed by atoms with van der Waals surface area (Å²) >= 11 is 0. The maximum atomic E-state index is 11.3. The van der Waals surface area contributed by atoms with E-state index < -0.39 is 0 Å². The van der Waals surface area contributed by atoms with Crippen LogP contribution >= 0.6 is 0 Å². The summed E-state index contributed by atoms with van der Waals surface area (Å²) in [5.74, 6) is 0.0136. The highest BCUT2D eigenvalue weighted by atomic mass is 16.5. The highest BCUT2D eigenvalue weighted by molar-refractivity contribution is 5.80. The van der Waals surface area contributed by atoms with Crippen molar-refractivity contribution in [3.05, 3.63) is 23.8 Å². The SMILES string of the molecule is COC(=O)C1COc2cc(O)ccc21. The van der Waals surface area contributed by atoms with Crippen molar-refractivity contribution in [2.45, 2.75) is 5.92 Å². The second-order valence-electron chi connectivity index (χ2n) is 3.11. The molecule has 74 valence electrons. The molecule has 1 aromatic carbocycles.